The van der Waals surface area contributed by atoms with Crippen molar-refractivity contribution in [3.8, 4) is 0 Å². The van der Waals surface area contributed by atoms with Crippen LogP contribution in [-0.2, 0) is 28.6 Å². The molecule has 0 aliphatic heterocycles. The second-order valence-electron chi connectivity index (χ2n) is 5.30. The molecule has 1 unspecified atom stereocenters. The summed E-state index contributed by atoms with van der Waals surface area (Å²) >= 11 is 0. The zero-order valence-corrected chi connectivity index (χ0v) is 14.7. The van der Waals surface area contributed by atoms with E-state index in [0.29, 0.717) is 5.69 Å². The maximum atomic E-state index is 11.4. The van der Waals surface area contributed by atoms with Gasteiger partial charge in [0.25, 0.3) is 0 Å². The fraction of sp³-hybridized carbons (Fsp3) is 0.471. The standard InChI is InChI=1S/C17H22N2O6/c1-11(23-12(2)20)17(25-14(4)22)16(24-13(3)21)10-18-19-15-8-6-5-7-9-15/h5-9,11,16-17H,10H2,1-4H3/t11?,16-,17-/m0/s1. The van der Waals surface area contributed by atoms with Crippen molar-refractivity contribution in [1.82, 2.24) is 0 Å². The molecule has 1 aromatic carbocycles. The maximum absolute atomic E-state index is 11.4. The molecule has 0 aromatic heterocycles. The highest BCUT2D eigenvalue weighted by Crippen LogP contribution is 2.16. The number of nitrogens with zero attached hydrogens (tertiary/aromatic N) is 2. The minimum Gasteiger partial charge on any atom is -0.459 e. The van der Waals surface area contributed by atoms with E-state index in [2.05, 4.69) is 10.2 Å². The Morgan fingerprint density at radius 1 is 0.920 bits per heavy atom. The van der Waals surface area contributed by atoms with Crippen LogP contribution in [0.5, 0.6) is 0 Å². The number of hydrogen-bond acceptors (Lipinski definition) is 8. The van der Waals surface area contributed by atoms with Gasteiger partial charge in [-0.25, -0.2) is 0 Å². The number of esters is 3. The van der Waals surface area contributed by atoms with E-state index in [0.717, 1.165) is 0 Å². The smallest absolute Gasteiger partial charge is 0.303 e. The van der Waals surface area contributed by atoms with Gasteiger partial charge in [-0.3, -0.25) is 14.4 Å². The minimum absolute atomic E-state index is 0.0575. The van der Waals surface area contributed by atoms with Gasteiger partial charge in [-0.1, -0.05) is 18.2 Å². The Morgan fingerprint density at radius 3 is 2.00 bits per heavy atom. The van der Waals surface area contributed by atoms with Gasteiger partial charge < -0.3 is 14.2 Å². The van der Waals surface area contributed by atoms with E-state index in [4.69, 9.17) is 14.2 Å². The van der Waals surface area contributed by atoms with Crippen LogP contribution < -0.4 is 0 Å². The van der Waals surface area contributed by atoms with Gasteiger partial charge in [-0.15, -0.1) is 0 Å². The summed E-state index contributed by atoms with van der Waals surface area (Å²) in [5.41, 5.74) is 0.626. The van der Waals surface area contributed by atoms with Crippen LogP contribution in [0.1, 0.15) is 27.7 Å². The van der Waals surface area contributed by atoms with Crippen LogP contribution >= 0.6 is 0 Å². The van der Waals surface area contributed by atoms with E-state index in [-0.39, 0.29) is 6.54 Å². The Labute approximate surface area is 146 Å². The van der Waals surface area contributed by atoms with Crippen molar-refractivity contribution in [1.29, 1.82) is 0 Å². The van der Waals surface area contributed by atoms with E-state index < -0.39 is 36.2 Å². The van der Waals surface area contributed by atoms with Crippen LogP contribution in [-0.4, -0.2) is 42.8 Å². The molecule has 1 rings (SSSR count). The number of ether oxygens (including phenoxy) is 3. The van der Waals surface area contributed by atoms with Crippen molar-refractivity contribution < 1.29 is 28.6 Å². The molecule has 0 heterocycles. The average Bonchev–Trinajstić information content (AvgIpc) is 2.51. The lowest BCUT2D eigenvalue weighted by Gasteiger charge is -2.29. The van der Waals surface area contributed by atoms with Crippen molar-refractivity contribution in [2.45, 2.75) is 46.0 Å². The highest BCUT2D eigenvalue weighted by atomic mass is 16.6. The molecule has 0 fully saturated rings. The van der Waals surface area contributed by atoms with Crippen molar-refractivity contribution in [3.63, 3.8) is 0 Å². The van der Waals surface area contributed by atoms with E-state index in [1.165, 1.54) is 20.8 Å². The summed E-state index contributed by atoms with van der Waals surface area (Å²) in [5.74, 6) is -1.72. The molecule has 8 nitrogen and oxygen atoms in total. The monoisotopic (exact) mass is 350 g/mol. The molecule has 0 spiro atoms. The maximum Gasteiger partial charge on any atom is 0.303 e. The fourth-order valence-electron chi connectivity index (χ4n) is 2.11. The summed E-state index contributed by atoms with van der Waals surface area (Å²) in [6.07, 6.45) is -2.76. The third-order valence-electron chi connectivity index (χ3n) is 3.00. The molecule has 0 saturated heterocycles. The molecule has 0 radical (unpaired) electrons. The first-order valence-electron chi connectivity index (χ1n) is 7.73. The number of benzene rings is 1. The quantitative estimate of drug-likeness (QED) is 0.405. The molecule has 136 valence electrons. The Balaban J connectivity index is 2.92. The normalized spacial score (nSPS) is 14.4. The number of hydrogen-bond donors (Lipinski definition) is 0. The Kier molecular flexibility index (Phi) is 8.25. The van der Waals surface area contributed by atoms with Crippen molar-refractivity contribution in [3.05, 3.63) is 30.3 Å². The second kappa shape index (κ2) is 10.2. The van der Waals surface area contributed by atoms with Gasteiger partial charge in [0.15, 0.2) is 12.2 Å². The van der Waals surface area contributed by atoms with Crippen molar-refractivity contribution in [2.75, 3.05) is 6.54 Å². The molecule has 0 aliphatic rings. The van der Waals surface area contributed by atoms with Gasteiger partial charge in [0, 0.05) is 20.8 Å². The molecule has 0 amide bonds. The van der Waals surface area contributed by atoms with E-state index >= 15 is 0 Å². The van der Waals surface area contributed by atoms with Gasteiger partial charge in [0.2, 0.25) is 0 Å². The average molecular weight is 350 g/mol. The summed E-state index contributed by atoms with van der Waals surface area (Å²) in [5, 5.41) is 8.02. The molecule has 0 bridgehead atoms. The lowest BCUT2D eigenvalue weighted by atomic mass is 10.1. The zero-order chi connectivity index (χ0) is 18.8. The van der Waals surface area contributed by atoms with Crippen LogP contribution in [0.3, 0.4) is 0 Å². The van der Waals surface area contributed by atoms with Gasteiger partial charge in [0.05, 0.1) is 5.69 Å². The van der Waals surface area contributed by atoms with Gasteiger partial charge in [0.1, 0.15) is 12.6 Å². The van der Waals surface area contributed by atoms with Crippen LogP contribution in [0.2, 0.25) is 0 Å². The Hall–Kier alpha value is -2.77. The summed E-state index contributed by atoms with van der Waals surface area (Å²) in [7, 11) is 0. The Bertz CT molecular complexity index is 617. The summed E-state index contributed by atoms with van der Waals surface area (Å²) in [6, 6.07) is 8.98. The van der Waals surface area contributed by atoms with Crippen LogP contribution in [0, 0.1) is 0 Å². The Morgan fingerprint density at radius 2 is 1.48 bits per heavy atom. The topological polar surface area (TPSA) is 104 Å². The molecular formula is C17H22N2O6. The van der Waals surface area contributed by atoms with E-state index in [9.17, 15) is 14.4 Å². The molecule has 25 heavy (non-hydrogen) atoms. The van der Waals surface area contributed by atoms with Crippen LogP contribution in [0.15, 0.2) is 40.6 Å². The third kappa shape index (κ3) is 8.05. The highest BCUT2D eigenvalue weighted by Gasteiger charge is 2.34. The predicted molar refractivity (Wildman–Crippen MR) is 88.2 cm³/mol. The van der Waals surface area contributed by atoms with Gasteiger partial charge in [-0.05, 0) is 19.1 Å². The highest BCUT2D eigenvalue weighted by molar-refractivity contribution is 5.68. The predicted octanol–water partition coefficient (Wildman–Crippen LogP) is 2.59. The molecule has 8 heteroatoms. The van der Waals surface area contributed by atoms with Crippen molar-refractivity contribution in [2.24, 2.45) is 10.2 Å². The molecule has 1 aromatic rings. The summed E-state index contributed by atoms with van der Waals surface area (Å²) in [6.45, 7) is 5.15. The van der Waals surface area contributed by atoms with Crippen LogP contribution in [0.4, 0.5) is 5.69 Å². The third-order valence-corrected chi connectivity index (χ3v) is 3.00. The first-order chi connectivity index (χ1) is 11.8. The number of carbonyl (C=O) groups excluding carboxylic acids is 3. The molecule has 0 saturated carbocycles. The zero-order valence-electron chi connectivity index (χ0n) is 14.7. The molecule has 0 aliphatic carbocycles. The van der Waals surface area contributed by atoms with Gasteiger partial charge >= 0.3 is 17.9 Å². The van der Waals surface area contributed by atoms with E-state index in [1.807, 2.05) is 18.2 Å². The van der Waals surface area contributed by atoms with Gasteiger partial charge in [-0.2, -0.15) is 10.2 Å². The SMILES string of the molecule is CC(=O)OC(C)[C@H](OC(C)=O)[C@H](CN=Nc1ccccc1)OC(C)=O. The molecular weight excluding hydrogens is 328 g/mol. The van der Waals surface area contributed by atoms with E-state index in [1.54, 1.807) is 19.1 Å². The number of carbonyl (C=O) groups is 3. The van der Waals surface area contributed by atoms with Crippen LogP contribution in [0.25, 0.3) is 0 Å². The lowest BCUT2D eigenvalue weighted by molar-refractivity contribution is -0.180. The summed E-state index contributed by atoms with van der Waals surface area (Å²) in [4.78, 5) is 33.9. The number of azo groups is 1. The fourth-order valence-corrected chi connectivity index (χ4v) is 2.11. The minimum atomic E-state index is -1.000. The molecule has 0 N–H and O–H groups in total. The number of rotatable bonds is 8. The lowest BCUT2D eigenvalue weighted by Crippen LogP contribution is -2.45. The summed E-state index contributed by atoms with van der Waals surface area (Å²) < 4.78 is 15.4. The largest absolute Gasteiger partial charge is 0.459 e. The first kappa shape index (κ1) is 20.3. The second-order valence-corrected chi connectivity index (χ2v) is 5.30. The van der Waals surface area contributed by atoms with Crippen molar-refractivity contribution >= 4 is 23.6 Å². The molecule has 3 atom stereocenters. The first-order valence-corrected chi connectivity index (χ1v) is 7.73.